The lowest BCUT2D eigenvalue weighted by molar-refractivity contribution is -0.386. The molecule has 1 heterocycles. The van der Waals surface area contributed by atoms with Gasteiger partial charge in [-0.2, -0.15) is 0 Å². The lowest BCUT2D eigenvalue weighted by atomic mass is 9.69. The zero-order valence-electron chi connectivity index (χ0n) is 19.4. The molecule has 35 heavy (non-hydrogen) atoms. The first kappa shape index (κ1) is 26.1. The topological polar surface area (TPSA) is 134 Å². The predicted molar refractivity (Wildman–Crippen MR) is 125 cm³/mol. The van der Waals surface area contributed by atoms with Crippen molar-refractivity contribution in [2.24, 2.45) is 0 Å². The van der Waals surface area contributed by atoms with Crippen LogP contribution in [0.3, 0.4) is 0 Å². The number of nitro groups is 1. The van der Waals surface area contributed by atoms with Crippen LogP contribution in [0.15, 0.2) is 48.5 Å². The number of nitro benzene ring substituents is 1. The highest BCUT2D eigenvalue weighted by molar-refractivity contribution is 6.30. The molecule has 186 valence electrons. The maximum Gasteiger partial charge on any atom is 0.338 e. The van der Waals surface area contributed by atoms with Crippen LogP contribution in [-0.4, -0.2) is 48.7 Å². The number of esters is 3. The first-order valence-corrected chi connectivity index (χ1v) is 11.3. The zero-order chi connectivity index (χ0) is 25.8. The summed E-state index contributed by atoms with van der Waals surface area (Å²) in [5, 5.41) is 15.1. The molecule has 1 aliphatic rings. The van der Waals surface area contributed by atoms with Crippen LogP contribution in [0.2, 0.25) is 5.02 Å². The normalized spacial score (nSPS) is 20.6. The van der Waals surface area contributed by atoms with Crippen LogP contribution < -0.4 is 5.32 Å². The summed E-state index contributed by atoms with van der Waals surface area (Å²) < 4.78 is 15.6. The highest BCUT2D eigenvalue weighted by atomic mass is 35.5. The number of nitrogens with zero attached hydrogens (tertiary/aromatic N) is 1. The number of hydrogen-bond donors (Lipinski definition) is 1. The smallest absolute Gasteiger partial charge is 0.338 e. The van der Waals surface area contributed by atoms with Crippen LogP contribution in [0.25, 0.3) is 0 Å². The van der Waals surface area contributed by atoms with Gasteiger partial charge in [-0.1, -0.05) is 41.9 Å². The van der Waals surface area contributed by atoms with Crippen molar-refractivity contribution in [2.75, 3.05) is 20.3 Å². The Labute approximate surface area is 206 Å². The van der Waals surface area contributed by atoms with Gasteiger partial charge in [0, 0.05) is 23.1 Å². The molecule has 0 aromatic heterocycles. The van der Waals surface area contributed by atoms with E-state index in [4.69, 9.17) is 25.8 Å². The number of methoxy groups -OCH3 is 1. The van der Waals surface area contributed by atoms with E-state index in [1.807, 2.05) is 0 Å². The second-order valence-corrected chi connectivity index (χ2v) is 8.33. The molecule has 1 aliphatic heterocycles. The summed E-state index contributed by atoms with van der Waals surface area (Å²) in [5.74, 6) is -2.83. The lowest BCUT2D eigenvalue weighted by Crippen LogP contribution is -2.56. The van der Waals surface area contributed by atoms with Gasteiger partial charge < -0.3 is 14.2 Å². The molecule has 2 aromatic carbocycles. The molecule has 0 saturated carbocycles. The van der Waals surface area contributed by atoms with Crippen molar-refractivity contribution in [3.63, 3.8) is 0 Å². The Bertz CT molecular complexity index is 1120. The van der Waals surface area contributed by atoms with Crippen molar-refractivity contribution in [3.05, 3.63) is 74.8 Å². The molecular weight excluding hydrogens is 480 g/mol. The minimum atomic E-state index is -2.14. The van der Waals surface area contributed by atoms with Gasteiger partial charge in [-0.15, -0.1) is 0 Å². The van der Waals surface area contributed by atoms with E-state index in [2.05, 4.69) is 5.32 Å². The van der Waals surface area contributed by atoms with Crippen LogP contribution in [0.5, 0.6) is 0 Å². The first-order valence-electron chi connectivity index (χ1n) is 10.9. The van der Waals surface area contributed by atoms with Gasteiger partial charge in [-0.3, -0.25) is 20.2 Å². The molecule has 0 unspecified atom stereocenters. The van der Waals surface area contributed by atoms with Gasteiger partial charge >= 0.3 is 17.9 Å². The lowest BCUT2D eigenvalue weighted by Gasteiger charge is -2.32. The van der Waals surface area contributed by atoms with E-state index < -0.39 is 51.9 Å². The molecule has 0 bridgehead atoms. The van der Waals surface area contributed by atoms with Crippen molar-refractivity contribution in [1.29, 1.82) is 0 Å². The molecule has 1 saturated heterocycles. The summed E-state index contributed by atoms with van der Waals surface area (Å²) in [7, 11) is 1.13. The second kappa shape index (κ2) is 10.4. The minimum Gasteiger partial charge on any atom is -0.468 e. The standard InChI is InChI=1S/C24H25ClN2O8/c1-4-34-21(29)24(22(30)35-5-2)14-23(20(28)33-3,19(26-24)15-9-7-6-8-10-15)17-12-11-16(25)13-18(17)27(31)32/h6-13,19,26H,4-5,14H2,1-3H3/t19-,23+/m1/s1. The van der Waals surface area contributed by atoms with Gasteiger partial charge in [0.2, 0.25) is 5.54 Å². The number of benzene rings is 2. The van der Waals surface area contributed by atoms with Crippen molar-refractivity contribution in [2.45, 2.75) is 37.3 Å². The largest absolute Gasteiger partial charge is 0.468 e. The van der Waals surface area contributed by atoms with E-state index in [-0.39, 0.29) is 23.8 Å². The average Bonchev–Trinajstić information content (AvgIpc) is 3.23. The Morgan fingerprint density at radius 3 is 2.17 bits per heavy atom. The molecule has 2 atom stereocenters. The molecule has 0 amide bonds. The predicted octanol–water partition coefficient (Wildman–Crippen LogP) is 3.26. The monoisotopic (exact) mass is 504 g/mol. The van der Waals surface area contributed by atoms with Gasteiger partial charge in [0.1, 0.15) is 5.41 Å². The number of halogens is 1. The van der Waals surface area contributed by atoms with Crippen molar-refractivity contribution >= 4 is 35.2 Å². The molecule has 10 nitrogen and oxygen atoms in total. The molecule has 0 aliphatic carbocycles. The zero-order valence-corrected chi connectivity index (χ0v) is 20.2. The number of carbonyl (C=O) groups excluding carboxylic acids is 3. The molecule has 0 radical (unpaired) electrons. The first-order chi connectivity index (χ1) is 16.7. The van der Waals surface area contributed by atoms with Gasteiger partial charge in [-0.05, 0) is 31.5 Å². The van der Waals surface area contributed by atoms with Crippen LogP contribution >= 0.6 is 11.6 Å². The highest BCUT2D eigenvalue weighted by Gasteiger charge is 2.69. The van der Waals surface area contributed by atoms with Gasteiger partial charge in [0.05, 0.1) is 31.3 Å². The van der Waals surface area contributed by atoms with E-state index in [1.54, 1.807) is 44.2 Å². The third-order valence-electron chi connectivity index (χ3n) is 5.99. The fourth-order valence-corrected chi connectivity index (χ4v) is 4.74. The molecule has 0 spiro atoms. The minimum absolute atomic E-state index is 0.0516. The Balaban J connectivity index is 2.41. The van der Waals surface area contributed by atoms with Gasteiger partial charge in [0.15, 0.2) is 0 Å². The number of ether oxygens (including phenoxy) is 3. The van der Waals surface area contributed by atoms with Crippen molar-refractivity contribution in [3.8, 4) is 0 Å². The Hall–Kier alpha value is -3.50. The Kier molecular flexibility index (Phi) is 7.76. The number of carbonyl (C=O) groups is 3. The molecule has 1 fully saturated rings. The maximum absolute atomic E-state index is 13.6. The third kappa shape index (κ3) is 4.46. The van der Waals surface area contributed by atoms with E-state index >= 15 is 0 Å². The van der Waals surface area contributed by atoms with Crippen molar-refractivity contribution < 1.29 is 33.5 Å². The third-order valence-corrected chi connectivity index (χ3v) is 6.23. The Morgan fingerprint density at radius 1 is 1.06 bits per heavy atom. The summed E-state index contributed by atoms with van der Waals surface area (Å²) in [6.45, 7) is 3.03. The summed E-state index contributed by atoms with van der Waals surface area (Å²) in [4.78, 5) is 51.5. The average molecular weight is 505 g/mol. The molecule has 3 rings (SSSR count). The molecule has 2 aromatic rings. The fourth-order valence-electron chi connectivity index (χ4n) is 4.57. The van der Waals surface area contributed by atoms with Crippen LogP contribution in [0.1, 0.15) is 37.4 Å². The van der Waals surface area contributed by atoms with Gasteiger partial charge in [0.25, 0.3) is 5.69 Å². The molecule has 1 N–H and O–H groups in total. The summed E-state index contributed by atoms with van der Waals surface area (Å²) >= 11 is 6.03. The molecular formula is C24H25ClN2O8. The van der Waals surface area contributed by atoms with E-state index in [1.165, 1.54) is 12.1 Å². The van der Waals surface area contributed by atoms with Crippen LogP contribution in [0.4, 0.5) is 5.69 Å². The van der Waals surface area contributed by atoms with Gasteiger partial charge in [-0.25, -0.2) is 9.59 Å². The molecule has 11 heteroatoms. The van der Waals surface area contributed by atoms with E-state index in [0.717, 1.165) is 13.2 Å². The Morgan fingerprint density at radius 2 is 1.66 bits per heavy atom. The number of rotatable bonds is 8. The maximum atomic E-state index is 13.6. The SMILES string of the molecule is CCOC(=O)C1(C(=O)OCC)C[C@](C(=O)OC)(c2ccc(Cl)cc2[N+](=O)[O-])[C@@H](c2ccccc2)N1. The fraction of sp³-hybridized carbons (Fsp3) is 0.375. The van der Waals surface area contributed by atoms with Crippen LogP contribution in [-0.2, 0) is 34.0 Å². The summed E-state index contributed by atoms with van der Waals surface area (Å²) in [6.07, 6.45) is -0.549. The summed E-state index contributed by atoms with van der Waals surface area (Å²) in [6, 6.07) is 11.2. The van der Waals surface area contributed by atoms with E-state index in [9.17, 15) is 24.5 Å². The van der Waals surface area contributed by atoms with E-state index in [0.29, 0.717) is 5.56 Å². The van der Waals surface area contributed by atoms with Crippen molar-refractivity contribution in [1.82, 2.24) is 5.32 Å². The number of nitrogens with one attached hydrogen (secondary N) is 1. The highest BCUT2D eigenvalue weighted by Crippen LogP contribution is 2.53. The number of hydrogen-bond acceptors (Lipinski definition) is 9. The summed E-state index contributed by atoms with van der Waals surface area (Å²) in [5.41, 5.74) is -4.10. The second-order valence-electron chi connectivity index (χ2n) is 7.89. The quantitative estimate of drug-likeness (QED) is 0.189. The van der Waals surface area contributed by atoms with Crippen LogP contribution in [0, 0.1) is 10.1 Å².